The number of nitrogens with two attached hydrogens (primary N) is 1. The molecule has 2 aromatic carbocycles. The number of nitrogen functional groups attached to an aromatic ring is 1. The molecule has 0 atom stereocenters. The van der Waals surface area contributed by atoms with Gasteiger partial charge in [0.05, 0.1) is 0 Å². The normalized spacial score (nSPS) is 16.7. The number of pyridine rings is 1. The molecule has 1 aliphatic carbocycles. The number of benzene rings is 2. The lowest BCUT2D eigenvalue weighted by Gasteiger charge is -2.39. The fourth-order valence-electron chi connectivity index (χ4n) is 6.52. The first kappa shape index (κ1) is 39.6. The molecule has 0 amide bonds. The predicted octanol–water partition coefficient (Wildman–Crippen LogP) is 8.50. The Morgan fingerprint density at radius 3 is 2.11 bits per heavy atom. The van der Waals surface area contributed by atoms with Crippen LogP contribution in [-0.4, -0.2) is 76.8 Å². The Morgan fingerprint density at radius 2 is 1.51 bits per heavy atom. The number of hydrogen-bond donors (Lipinski definition) is 2. The number of piperazine rings is 1. The lowest BCUT2D eigenvalue weighted by molar-refractivity contribution is 0.00576. The SMILES string of the molecule is CC1(C)CCC(CN2CCN(c3ccc(C(=O)O)c(Oc4cc(C(=O)OC(C)(C)C)nc(C(=O)OC(C)(C)C)c4N)c3)CC2)=C(c2ccc(Cl)cc2)C1. The average Bonchev–Trinajstić information content (AvgIpc) is 3.05. The van der Waals surface area contributed by atoms with E-state index in [-0.39, 0.29) is 39.6 Å². The van der Waals surface area contributed by atoms with Crippen molar-refractivity contribution in [1.82, 2.24) is 9.88 Å². The van der Waals surface area contributed by atoms with Crippen LogP contribution in [0.4, 0.5) is 11.4 Å². The molecule has 5 rings (SSSR count). The van der Waals surface area contributed by atoms with E-state index in [0.717, 1.165) is 49.6 Å². The van der Waals surface area contributed by atoms with E-state index in [1.807, 2.05) is 12.1 Å². The molecule has 2 heterocycles. The number of carboxylic acids is 1. The van der Waals surface area contributed by atoms with Gasteiger partial charge in [0.1, 0.15) is 28.2 Å². The minimum absolute atomic E-state index is 0.0109. The van der Waals surface area contributed by atoms with E-state index in [9.17, 15) is 19.5 Å². The van der Waals surface area contributed by atoms with Gasteiger partial charge in [0.2, 0.25) is 0 Å². The molecule has 1 aromatic heterocycles. The zero-order valence-electron chi connectivity index (χ0n) is 32.0. The third kappa shape index (κ3) is 10.3. The number of halogens is 1. The predicted molar refractivity (Wildman–Crippen MR) is 207 cm³/mol. The molecule has 1 saturated heterocycles. The Balaban J connectivity index is 1.39. The molecule has 53 heavy (non-hydrogen) atoms. The van der Waals surface area contributed by atoms with Crippen molar-refractivity contribution >= 4 is 46.5 Å². The molecule has 0 saturated carbocycles. The summed E-state index contributed by atoms with van der Waals surface area (Å²) in [6.45, 7) is 18.8. The van der Waals surface area contributed by atoms with E-state index in [1.54, 1.807) is 53.7 Å². The maximum absolute atomic E-state index is 13.2. The Kier molecular flexibility index (Phi) is 11.5. The Morgan fingerprint density at radius 1 is 0.887 bits per heavy atom. The summed E-state index contributed by atoms with van der Waals surface area (Å²) in [6, 6.07) is 14.3. The van der Waals surface area contributed by atoms with Gasteiger partial charge in [-0.3, -0.25) is 4.90 Å². The van der Waals surface area contributed by atoms with E-state index >= 15 is 0 Å². The molecule has 1 fully saturated rings. The van der Waals surface area contributed by atoms with Gasteiger partial charge in [-0.25, -0.2) is 19.4 Å². The van der Waals surface area contributed by atoms with Crippen LogP contribution in [0, 0.1) is 5.41 Å². The first-order chi connectivity index (χ1) is 24.7. The molecule has 0 unspecified atom stereocenters. The van der Waals surface area contributed by atoms with E-state index < -0.39 is 29.1 Å². The number of rotatable bonds is 9. The average molecular weight is 747 g/mol. The minimum Gasteiger partial charge on any atom is -0.478 e. The van der Waals surface area contributed by atoms with E-state index in [2.05, 4.69) is 40.8 Å². The fourth-order valence-corrected chi connectivity index (χ4v) is 6.64. The summed E-state index contributed by atoms with van der Waals surface area (Å²) < 4.78 is 17.2. The monoisotopic (exact) mass is 746 g/mol. The maximum Gasteiger partial charge on any atom is 0.359 e. The summed E-state index contributed by atoms with van der Waals surface area (Å²) in [4.78, 5) is 47.5. The Labute approximate surface area is 317 Å². The van der Waals surface area contributed by atoms with Crippen LogP contribution in [0.25, 0.3) is 5.57 Å². The second-order valence-corrected chi connectivity index (χ2v) is 17.0. The van der Waals surface area contributed by atoms with Crippen molar-refractivity contribution < 1.29 is 33.7 Å². The van der Waals surface area contributed by atoms with Gasteiger partial charge in [-0.2, -0.15) is 0 Å². The van der Waals surface area contributed by atoms with Crippen LogP contribution in [0.5, 0.6) is 11.5 Å². The number of carbonyl (C=O) groups excluding carboxylic acids is 2. The molecular weight excluding hydrogens is 696 g/mol. The third-order valence-electron chi connectivity index (χ3n) is 9.17. The van der Waals surface area contributed by atoms with Gasteiger partial charge in [-0.05, 0) is 102 Å². The highest BCUT2D eigenvalue weighted by Gasteiger charge is 2.31. The first-order valence-corrected chi connectivity index (χ1v) is 18.3. The molecule has 0 radical (unpaired) electrons. The Bertz CT molecular complexity index is 1900. The summed E-state index contributed by atoms with van der Waals surface area (Å²) in [5.74, 6) is -3.05. The van der Waals surface area contributed by atoms with Gasteiger partial charge in [0, 0.05) is 55.6 Å². The number of allylic oxidation sites excluding steroid dienone is 1. The van der Waals surface area contributed by atoms with Crippen molar-refractivity contribution in [1.29, 1.82) is 0 Å². The van der Waals surface area contributed by atoms with Crippen molar-refractivity contribution in [2.45, 2.75) is 85.9 Å². The molecule has 2 aliphatic rings. The van der Waals surface area contributed by atoms with E-state index in [4.69, 9.17) is 31.5 Å². The van der Waals surface area contributed by atoms with Crippen LogP contribution in [0.2, 0.25) is 5.02 Å². The van der Waals surface area contributed by atoms with Gasteiger partial charge in [0.15, 0.2) is 17.1 Å². The number of esters is 2. The number of hydrogen-bond acceptors (Lipinski definition) is 10. The highest BCUT2D eigenvalue weighted by atomic mass is 35.5. The second kappa shape index (κ2) is 15.4. The molecule has 1 aliphatic heterocycles. The van der Waals surface area contributed by atoms with Gasteiger partial charge in [0.25, 0.3) is 0 Å². The minimum atomic E-state index is -1.22. The van der Waals surface area contributed by atoms with E-state index in [1.165, 1.54) is 28.8 Å². The number of carboxylic acid groups (broad SMARTS) is 1. The van der Waals surface area contributed by atoms with Gasteiger partial charge < -0.3 is 30.0 Å². The van der Waals surface area contributed by atoms with Crippen LogP contribution in [0.1, 0.15) is 112 Å². The molecule has 284 valence electrons. The number of carbonyl (C=O) groups is 3. The quantitative estimate of drug-likeness (QED) is 0.203. The van der Waals surface area contributed by atoms with Crippen LogP contribution in [-0.2, 0) is 9.47 Å². The third-order valence-corrected chi connectivity index (χ3v) is 9.42. The second-order valence-electron chi connectivity index (χ2n) is 16.6. The molecule has 0 spiro atoms. The highest BCUT2D eigenvalue weighted by molar-refractivity contribution is 6.30. The largest absolute Gasteiger partial charge is 0.478 e. The van der Waals surface area contributed by atoms with Crippen LogP contribution >= 0.6 is 11.6 Å². The molecule has 3 N–H and O–H groups in total. The maximum atomic E-state index is 13.2. The summed E-state index contributed by atoms with van der Waals surface area (Å²) in [5.41, 5.74) is 8.83. The molecule has 0 bridgehead atoms. The fraction of sp³-hybridized carbons (Fsp3) is 0.463. The lowest BCUT2D eigenvalue weighted by Crippen LogP contribution is -2.47. The van der Waals surface area contributed by atoms with Crippen LogP contribution in [0.15, 0.2) is 54.1 Å². The molecule has 3 aromatic rings. The lowest BCUT2D eigenvalue weighted by atomic mass is 9.72. The first-order valence-electron chi connectivity index (χ1n) is 17.9. The van der Waals surface area contributed by atoms with Gasteiger partial charge >= 0.3 is 17.9 Å². The van der Waals surface area contributed by atoms with Crippen LogP contribution < -0.4 is 15.4 Å². The topological polar surface area (TPSA) is 145 Å². The summed E-state index contributed by atoms with van der Waals surface area (Å²) >= 11 is 6.21. The summed E-state index contributed by atoms with van der Waals surface area (Å²) in [7, 11) is 0. The molecular formula is C41H51ClN4O7. The summed E-state index contributed by atoms with van der Waals surface area (Å²) in [5, 5.41) is 10.8. The smallest absolute Gasteiger partial charge is 0.359 e. The standard InChI is InChI=1S/C41H51ClN4O7/c1-39(2,3)52-37(49)31-22-33(34(43)35(44-31)38(50)53-40(4,5)6)51-32-21-28(13-14-29(32)36(47)48)46-19-17-45(18-20-46)24-26-15-16-41(7,8)23-30(26)25-9-11-27(42)12-10-25/h9-14,21-22H,15-20,23-24,43H2,1-8H3,(H,47,48). The number of anilines is 2. The zero-order chi connectivity index (χ0) is 38.9. The zero-order valence-corrected chi connectivity index (χ0v) is 32.7. The number of ether oxygens (including phenoxy) is 3. The van der Waals surface area contributed by atoms with Crippen molar-refractivity contribution in [3.05, 3.63) is 81.6 Å². The number of nitrogens with zero attached hydrogens (tertiary/aromatic N) is 3. The van der Waals surface area contributed by atoms with E-state index in [0.29, 0.717) is 13.1 Å². The van der Waals surface area contributed by atoms with Crippen molar-refractivity contribution in [2.75, 3.05) is 43.4 Å². The van der Waals surface area contributed by atoms with Crippen molar-refractivity contribution in [3.8, 4) is 11.5 Å². The summed E-state index contributed by atoms with van der Waals surface area (Å²) in [6.07, 6.45) is 3.20. The van der Waals surface area contributed by atoms with Crippen molar-refractivity contribution in [2.24, 2.45) is 5.41 Å². The Hall–Kier alpha value is -4.61. The van der Waals surface area contributed by atoms with Crippen LogP contribution in [0.3, 0.4) is 0 Å². The molecule has 11 nitrogen and oxygen atoms in total. The number of aromatic nitrogens is 1. The van der Waals surface area contributed by atoms with Gasteiger partial charge in [-0.1, -0.05) is 43.2 Å². The number of aromatic carboxylic acids is 1. The molecule has 12 heteroatoms. The highest BCUT2D eigenvalue weighted by Crippen LogP contribution is 2.43. The van der Waals surface area contributed by atoms with Gasteiger partial charge in [-0.15, -0.1) is 0 Å². The van der Waals surface area contributed by atoms with Crippen molar-refractivity contribution in [3.63, 3.8) is 0 Å².